The molecule has 4 nitrogen and oxygen atoms in total. The predicted octanol–water partition coefficient (Wildman–Crippen LogP) is 0.417. The summed E-state index contributed by atoms with van der Waals surface area (Å²) in [5, 5.41) is 2.54. The second-order valence-electron chi connectivity index (χ2n) is 2.56. The van der Waals surface area contributed by atoms with Crippen LogP contribution in [0.25, 0.3) is 0 Å². The van der Waals surface area contributed by atoms with Crippen LogP contribution in [0.3, 0.4) is 0 Å². The number of nitrogens with one attached hydrogen (secondary N) is 1. The number of ether oxygens (including phenoxy) is 1. The number of rotatable bonds is 5. The summed E-state index contributed by atoms with van der Waals surface area (Å²) in [5.74, 6) is 0.223. The Bertz CT molecular complexity index is 184. The van der Waals surface area contributed by atoms with Gasteiger partial charge in [0.25, 0.3) is 0 Å². The maximum atomic E-state index is 11.1. The molecule has 76 valence electrons. The van der Waals surface area contributed by atoms with Crippen molar-refractivity contribution in [1.82, 2.24) is 5.32 Å². The molecule has 0 saturated heterocycles. The molecule has 0 unspecified atom stereocenters. The molecule has 0 aromatic rings. The summed E-state index contributed by atoms with van der Waals surface area (Å²) in [7, 11) is 1.32. The Balaban J connectivity index is 4.02. The molecule has 0 aromatic heterocycles. The number of carbonyl (C=O) groups excluding carboxylic acids is 2. The highest BCUT2D eigenvalue weighted by molar-refractivity contribution is 7.98. The Labute approximate surface area is 82.4 Å². The van der Waals surface area contributed by atoms with Crippen LogP contribution in [0.1, 0.15) is 13.3 Å². The largest absolute Gasteiger partial charge is 0.467 e. The summed E-state index contributed by atoms with van der Waals surface area (Å²) in [5.41, 5.74) is 0. The lowest BCUT2D eigenvalue weighted by Crippen LogP contribution is -2.40. The second-order valence-corrected chi connectivity index (χ2v) is 3.54. The van der Waals surface area contributed by atoms with Gasteiger partial charge in [-0.3, -0.25) is 4.79 Å². The van der Waals surface area contributed by atoms with Gasteiger partial charge in [0.05, 0.1) is 7.11 Å². The van der Waals surface area contributed by atoms with Gasteiger partial charge in [-0.05, 0) is 18.4 Å². The van der Waals surface area contributed by atoms with Gasteiger partial charge in [0.15, 0.2) is 0 Å². The molecule has 0 aliphatic carbocycles. The maximum Gasteiger partial charge on any atom is 0.328 e. The van der Waals surface area contributed by atoms with Crippen LogP contribution < -0.4 is 5.32 Å². The van der Waals surface area contributed by atoms with Gasteiger partial charge in [-0.25, -0.2) is 4.79 Å². The van der Waals surface area contributed by atoms with Gasteiger partial charge in [-0.1, -0.05) is 0 Å². The van der Waals surface area contributed by atoms with E-state index in [9.17, 15) is 9.59 Å². The van der Waals surface area contributed by atoms with Crippen LogP contribution in [0.5, 0.6) is 0 Å². The molecule has 0 spiro atoms. The highest BCUT2D eigenvalue weighted by Crippen LogP contribution is 2.02. The molecule has 0 fully saturated rings. The molecular formula is C8H15NO3S. The number of methoxy groups -OCH3 is 1. The number of hydrogen-bond donors (Lipinski definition) is 1. The van der Waals surface area contributed by atoms with Crippen LogP contribution in [0.15, 0.2) is 0 Å². The van der Waals surface area contributed by atoms with Gasteiger partial charge in [-0.2, -0.15) is 11.8 Å². The molecule has 5 heteroatoms. The van der Waals surface area contributed by atoms with Crippen LogP contribution in [0, 0.1) is 0 Å². The van der Waals surface area contributed by atoms with Crippen molar-refractivity contribution >= 4 is 23.6 Å². The third-order valence-corrected chi connectivity index (χ3v) is 2.12. The molecule has 0 radical (unpaired) electrons. The highest BCUT2D eigenvalue weighted by atomic mass is 32.2. The highest BCUT2D eigenvalue weighted by Gasteiger charge is 2.18. The van der Waals surface area contributed by atoms with E-state index in [1.807, 2.05) is 6.26 Å². The van der Waals surface area contributed by atoms with E-state index in [4.69, 9.17) is 0 Å². The Morgan fingerprint density at radius 1 is 1.54 bits per heavy atom. The molecule has 0 saturated carbocycles. The average Bonchev–Trinajstić information content (AvgIpc) is 2.10. The zero-order valence-electron chi connectivity index (χ0n) is 8.12. The summed E-state index contributed by atoms with van der Waals surface area (Å²) in [6.07, 6.45) is 2.55. The van der Waals surface area contributed by atoms with Crippen molar-refractivity contribution in [3.63, 3.8) is 0 Å². The molecule has 0 aromatic carbocycles. The number of amides is 1. The SMILES string of the molecule is COC(=O)[C@H](CCSC)NC(C)=O. The van der Waals surface area contributed by atoms with E-state index < -0.39 is 6.04 Å². The number of carbonyl (C=O) groups is 2. The minimum absolute atomic E-state index is 0.212. The Hall–Kier alpha value is -0.710. The summed E-state index contributed by atoms with van der Waals surface area (Å²) in [6, 6.07) is -0.505. The van der Waals surface area contributed by atoms with Crippen molar-refractivity contribution in [2.75, 3.05) is 19.1 Å². The maximum absolute atomic E-state index is 11.1. The first kappa shape index (κ1) is 12.3. The standard InChI is InChI=1S/C8H15NO3S/c1-6(10)9-7(4-5-13-3)8(11)12-2/h7H,4-5H2,1-3H3,(H,9,10)/t7-/m0/s1. The summed E-state index contributed by atoms with van der Waals surface area (Å²) < 4.78 is 4.55. The second kappa shape index (κ2) is 6.77. The number of hydrogen-bond acceptors (Lipinski definition) is 4. The zero-order chi connectivity index (χ0) is 10.3. The quantitative estimate of drug-likeness (QED) is 0.661. The van der Waals surface area contributed by atoms with E-state index >= 15 is 0 Å². The average molecular weight is 205 g/mol. The molecule has 1 amide bonds. The Morgan fingerprint density at radius 3 is 2.54 bits per heavy atom. The minimum atomic E-state index is -0.505. The lowest BCUT2D eigenvalue weighted by molar-refractivity contribution is -0.144. The van der Waals surface area contributed by atoms with Crippen molar-refractivity contribution in [3.8, 4) is 0 Å². The molecule has 1 N–H and O–H groups in total. The summed E-state index contributed by atoms with van der Waals surface area (Å²) >= 11 is 1.63. The van der Waals surface area contributed by atoms with E-state index in [-0.39, 0.29) is 11.9 Å². The van der Waals surface area contributed by atoms with Gasteiger partial charge in [0, 0.05) is 6.92 Å². The van der Waals surface area contributed by atoms with E-state index in [1.165, 1.54) is 14.0 Å². The van der Waals surface area contributed by atoms with E-state index in [0.717, 1.165) is 5.75 Å². The van der Waals surface area contributed by atoms with Crippen molar-refractivity contribution < 1.29 is 14.3 Å². The molecule has 0 rings (SSSR count). The third kappa shape index (κ3) is 5.52. The lowest BCUT2D eigenvalue weighted by atomic mass is 10.2. The van der Waals surface area contributed by atoms with Gasteiger partial charge >= 0.3 is 5.97 Å². The third-order valence-electron chi connectivity index (χ3n) is 1.47. The molecule has 0 heterocycles. The number of thioether (sulfide) groups is 1. The van der Waals surface area contributed by atoms with Crippen LogP contribution in [0.2, 0.25) is 0 Å². The molecular weight excluding hydrogens is 190 g/mol. The fourth-order valence-electron chi connectivity index (χ4n) is 0.872. The normalized spacial score (nSPS) is 11.9. The van der Waals surface area contributed by atoms with Crippen molar-refractivity contribution in [1.29, 1.82) is 0 Å². The van der Waals surface area contributed by atoms with E-state index in [2.05, 4.69) is 10.1 Å². The van der Waals surface area contributed by atoms with Crippen molar-refractivity contribution in [2.24, 2.45) is 0 Å². The molecule has 13 heavy (non-hydrogen) atoms. The Morgan fingerprint density at radius 2 is 2.15 bits per heavy atom. The summed E-state index contributed by atoms with van der Waals surface area (Å²) in [6.45, 7) is 1.38. The first-order valence-corrected chi connectivity index (χ1v) is 5.35. The van der Waals surface area contributed by atoms with Crippen molar-refractivity contribution in [2.45, 2.75) is 19.4 Å². The first-order chi connectivity index (χ1) is 6.11. The first-order valence-electron chi connectivity index (χ1n) is 3.95. The predicted molar refractivity (Wildman–Crippen MR) is 52.6 cm³/mol. The van der Waals surface area contributed by atoms with Crippen LogP contribution in [0.4, 0.5) is 0 Å². The smallest absolute Gasteiger partial charge is 0.328 e. The molecule has 0 bridgehead atoms. The summed E-state index contributed by atoms with van der Waals surface area (Å²) in [4.78, 5) is 21.8. The fraction of sp³-hybridized carbons (Fsp3) is 0.750. The van der Waals surface area contributed by atoms with E-state index in [1.54, 1.807) is 11.8 Å². The van der Waals surface area contributed by atoms with Crippen molar-refractivity contribution in [3.05, 3.63) is 0 Å². The van der Waals surface area contributed by atoms with Crippen LogP contribution in [-0.2, 0) is 14.3 Å². The molecule has 0 aliphatic rings. The molecule has 0 aliphatic heterocycles. The van der Waals surface area contributed by atoms with Gasteiger partial charge in [0.1, 0.15) is 6.04 Å². The molecule has 1 atom stereocenters. The van der Waals surface area contributed by atoms with Crippen LogP contribution >= 0.6 is 11.8 Å². The fourth-order valence-corrected chi connectivity index (χ4v) is 1.34. The van der Waals surface area contributed by atoms with E-state index in [0.29, 0.717) is 6.42 Å². The number of esters is 1. The minimum Gasteiger partial charge on any atom is -0.467 e. The lowest BCUT2D eigenvalue weighted by Gasteiger charge is -2.14. The van der Waals surface area contributed by atoms with Gasteiger partial charge in [-0.15, -0.1) is 0 Å². The Kier molecular flexibility index (Phi) is 6.40. The van der Waals surface area contributed by atoms with Gasteiger partial charge < -0.3 is 10.1 Å². The van der Waals surface area contributed by atoms with Gasteiger partial charge in [0.2, 0.25) is 5.91 Å². The van der Waals surface area contributed by atoms with Crippen LogP contribution in [-0.4, -0.2) is 37.0 Å². The topological polar surface area (TPSA) is 55.4 Å². The zero-order valence-corrected chi connectivity index (χ0v) is 8.94. The monoisotopic (exact) mass is 205 g/mol.